The van der Waals surface area contributed by atoms with Crippen LogP contribution in [0.15, 0.2) is 18.2 Å². The third-order valence-corrected chi connectivity index (χ3v) is 3.85. The number of rotatable bonds is 6. The molecule has 1 aliphatic rings. The van der Waals surface area contributed by atoms with Crippen molar-refractivity contribution in [3.63, 3.8) is 0 Å². The molecule has 1 saturated carbocycles. The molecule has 3 N–H and O–H groups in total. The molecule has 1 aromatic rings. The number of hydrogen-bond donors (Lipinski definition) is 2. The number of benzene rings is 1. The van der Waals surface area contributed by atoms with Crippen molar-refractivity contribution < 1.29 is 9.53 Å². The fourth-order valence-electron chi connectivity index (χ4n) is 2.47. The molecule has 1 aromatic carbocycles. The van der Waals surface area contributed by atoms with Crippen LogP contribution in [0.25, 0.3) is 0 Å². The van der Waals surface area contributed by atoms with Crippen molar-refractivity contribution in [3.8, 4) is 5.75 Å². The first-order valence-electron chi connectivity index (χ1n) is 6.82. The van der Waals surface area contributed by atoms with Crippen LogP contribution in [-0.4, -0.2) is 19.6 Å². The molecule has 0 saturated heterocycles. The van der Waals surface area contributed by atoms with Gasteiger partial charge in [0, 0.05) is 12.1 Å². The normalized spacial score (nSPS) is 15.9. The van der Waals surface area contributed by atoms with Gasteiger partial charge in [0.1, 0.15) is 5.75 Å². The number of amides is 1. The van der Waals surface area contributed by atoms with Crippen LogP contribution in [0.2, 0.25) is 0 Å². The van der Waals surface area contributed by atoms with Gasteiger partial charge in [-0.1, -0.05) is 13.3 Å². The fraction of sp³-hybridized carbons (Fsp3) is 0.533. The minimum absolute atomic E-state index is 0.0586. The molecule has 0 aromatic heterocycles. The van der Waals surface area contributed by atoms with Crippen LogP contribution in [-0.2, 0) is 0 Å². The van der Waals surface area contributed by atoms with E-state index in [9.17, 15) is 4.79 Å². The van der Waals surface area contributed by atoms with Crippen molar-refractivity contribution in [1.82, 2.24) is 5.32 Å². The van der Waals surface area contributed by atoms with Gasteiger partial charge in [-0.05, 0) is 42.9 Å². The molecule has 0 radical (unpaired) electrons. The molecule has 4 nitrogen and oxygen atoms in total. The molecule has 1 amide bonds. The van der Waals surface area contributed by atoms with Gasteiger partial charge in [-0.3, -0.25) is 4.79 Å². The molecule has 0 atom stereocenters. The number of nitrogens with two attached hydrogens (primary N) is 1. The highest BCUT2D eigenvalue weighted by molar-refractivity contribution is 5.95. The van der Waals surface area contributed by atoms with Crippen molar-refractivity contribution in [3.05, 3.63) is 23.8 Å². The Morgan fingerprint density at radius 1 is 1.47 bits per heavy atom. The van der Waals surface area contributed by atoms with Gasteiger partial charge >= 0.3 is 0 Å². The maximum atomic E-state index is 12.1. The molecule has 1 aliphatic carbocycles. The second-order valence-electron chi connectivity index (χ2n) is 5.39. The number of ether oxygens (including phenoxy) is 1. The van der Waals surface area contributed by atoms with E-state index >= 15 is 0 Å². The number of carbonyl (C=O) groups is 1. The SMILES string of the molecule is CCCC1(CNC(=O)c2ccc(OC)c(N)c2)CC1. The molecule has 2 rings (SSSR count). The summed E-state index contributed by atoms with van der Waals surface area (Å²) in [6.45, 7) is 2.96. The average Bonchev–Trinajstić information content (AvgIpc) is 3.16. The molecular weight excluding hydrogens is 240 g/mol. The summed E-state index contributed by atoms with van der Waals surface area (Å²) >= 11 is 0. The Kier molecular flexibility index (Phi) is 3.98. The second-order valence-corrected chi connectivity index (χ2v) is 5.39. The summed E-state index contributed by atoms with van der Waals surface area (Å²) in [6.07, 6.45) is 4.82. The first-order chi connectivity index (χ1) is 9.10. The van der Waals surface area contributed by atoms with E-state index in [1.165, 1.54) is 25.7 Å². The van der Waals surface area contributed by atoms with Gasteiger partial charge < -0.3 is 15.8 Å². The molecule has 0 aliphatic heterocycles. The Morgan fingerprint density at radius 3 is 2.74 bits per heavy atom. The molecule has 0 unspecified atom stereocenters. The van der Waals surface area contributed by atoms with Crippen molar-refractivity contribution in [2.24, 2.45) is 5.41 Å². The van der Waals surface area contributed by atoms with E-state index in [0.717, 1.165) is 6.54 Å². The molecule has 19 heavy (non-hydrogen) atoms. The largest absolute Gasteiger partial charge is 0.495 e. The molecule has 0 heterocycles. The fourth-order valence-corrected chi connectivity index (χ4v) is 2.47. The predicted molar refractivity (Wildman–Crippen MR) is 76.3 cm³/mol. The number of methoxy groups -OCH3 is 1. The van der Waals surface area contributed by atoms with Crippen molar-refractivity contribution in [2.45, 2.75) is 32.6 Å². The summed E-state index contributed by atoms with van der Waals surface area (Å²) < 4.78 is 5.08. The second kappa shape index (κ2) is 5.51. The Hall–Kier alpha value is -1.71. The van der Waals surface area contributed by atoms with E-state index in [0.29, 0.717) is 22.4 Å². The Bertz CT molecular complexity index is 467. The van der Waals surface area contributed by atoms with Crippen LogP contribution < -0.4 is 15.8 Å². The van der Waals surface area contributed by atoms with Crippen LogP contribution in [0.5, 0.6) is 5.75 Å². The van der Waals surface area contributed by atoms with Crippen LogP contribution in [0.4, 0.5) is 5.69 Å². The topological polar surface area (TPSA) is 64.3 Å². The monoisotopic (exact) mass is 262 g/mol. The predicted octanol–water partition coefficient (Wildman–Crippen LogP) is 2.59. The molecule has 0 spiro atoms. The lowest BCUT2D eigenvalue weighted by atomic mass is 10.0. The highest BCUT2D eigenvalue weighted by Gasteiger charge is 2.41. The van der Waals surface area contributed by atoms with Crippen LogP contribution in [0, 0.1) is 5.41 Å². The van der Waals surface area contributed by atoms with Gasteiger partial charge in [-0.25, -0.2) is 0 Å². The van der Waals surface area contributed by atoms with E-state index in [1.54, 1.807) is 25.3 Å². The lowest BCUT2D eigenvalue weighted by molar-refractivity contribution is 0.0944. The van der Waals surface area contributed by atoms with Gasteiger partial charge in [-0.2, -0.15) is 0 Å². The van der Waals surface area contributed by atoms with E-state index < -0.39 is 0 Å². The molecule has 0 bridgehead atoms. The highest BCUT2D eigenvalue weighted by atomic mass is 16.5. The third-order valence-electron chi connectivity index (χ3n) is 3.85. The Balaban J connectivity index is 1.95. The summed E-state index contributed by atoms with van der Waals surface area (Å²) in [5.74, 6) is 0.540. The third kappa shape index (κ3) is 3.19. The summed E-state index contributed by atoms with van der Waals surface area (Å²) in [4.78, 5) is 12.1. The summed E-state index contributed by atoms with van der Waals surface area (Å²) in [5.41, 5.74) is 7.25. The van der Waals surface area contributed by atoms with Crippen LogP contribution >= 0.6 is 0 Å². The van der Waals surface area contributed by atoms with E-state index in [4.69, 9.17) is 10.5 Å². The zero-order valence-electron chi connectivity index (χ0n) is 11.7. The first-order valence-corrected chi connectivity index (χ1v) is 6.82. The lowest BCUT2D eigenvalue weighted by Crippen LogP contribution is -2.30. The van der Waals surface area contributed by atoms with Gasteiger partial charge in [0.15, 0.2) is 0 Å². The van der Waals surface area contributed by atoms with Gasteiger partial charge in [0.2, 0.25) is 0 Å². The maximum absolute atomic E-state index is 12.1. The number of anilines is 1. The smallest absolute Gasteiger partial charge is 0.251 e. The van der Waals surface area contributed by atoms with Crippen molar-refractivity contribution in [2.75, 3.05) is 19.4 Å². The minimum Gasteiger partial charge on any atom is -0.495 e. The molecule has 4 heteroatoms. The number of hydrogen-bond acceptors (Lipinski definition) is 3. The first kappa shape index (κ1) is 13.7. The standard InChI is InChI=1S/C15H22N2O2/c1-3-6-15(7-8-15)10-17-14(18)11-4-5-13(19-2)12(16)9-11/h4-5,9H,3,6-8,10,16H2,1-2H3,(H,17,18). The summed E-state index contributed by atoms with van der Waals surface area (Å²) in [6, 6.07) is 5.13. The zero-order chi connectivity index (χ0) is 13.9. The average molecular weight is 262 g/mol. The maximum Gasteiger partial charge on any atom is 0.251 e. The minimum atomic E-state index is -0.0586. The van der Waals surface area contributed by atoms with Crippen molar-refractivity contribution in [1.29, 1.82) is 0 Å². The summed E-state index contributed by atoms with van der Waals surface area (Å²) in [5, 5.41) is 3.02. The molecular formula is C15H22N2O2. The van der Waals surface area contributed by atoms with Crippen LogP contribution in [0.3, 0.4) is 0 Å². The number of nitrogens with one attached hydrogen (secondary N) is 1. The van der Waals surface area contributed by atoms with E-state index in [1.807, 2.05) is 0 Å². The van der Waals surface area contributed by atoms with Crippen LogP contribution in [0.1, 0.15) is 43.0 Å². The Morgan fingerprint density at radius 2 is 2.21 bits per heavy atom. The zero-order valence-corrected chi connectivity index (χ0v) is 11.7. The summed E-state index contributed by atoms with van der Waals surface area (Å²) in [7, 11) is 1.56. The molecule has 1 fully saturated rings. The van der Waals surface area contributed by atoms with Gasteiger partial charge in [0.25, 0.3) is 5.91 Å². The number of carbonyl (C=O) groups excluding carboxylic acids is 1. The van der Waals surface area contributed by atoms with Crippen molar-refractivity contribution >= 4 is 11.6 Å². The van der Waals surface area contributed by atoms with E-state index in [2.05, 4.69) is 12.2 Å². The highest BCUT2D eigenvalue weighted by Crippen LogP contribution is 2.48. The Labute approximate surface area is 114 Å². The van der Waals surface area contributed by atoms with E-state index in [-0.39, 0.29) is 5.91 Å². The molecule has 104 valence electrons. The quantitative estimate of drug-likeness (QED) is 0.774. The number of nitrogen functional groups attached to an aromatic ring is 1. The van der Waals surface area contributed by atoms with Gasteiger partial charge in [-0.15, -0.1) is 0 Å². The lowest BCUT2D eigenvalue weighted by Gasteiger charge is -2.15. The van der Waals surface area contributed by atoms with Gasteiger partial charge in [0.05, 0.1) is 12.8 Å².